The van der Waals surface area contributed by atoms with Crippen molar-refractivity contribution in [2.24, 2.45) is 5.73 Å². The van der Waals surface area contributed by atoms with Crippen LogP contribution in [0, 0.1) is 0 Å². The zero-order valence-corrected chi connectivity index (χ0v) is 16.0. The van der Waals surface area contributed by atoms with E-state index < -0.39 is 24.7 Å². The van der Waals surface area contributed by atoms with Crippen LogP contribution >= 0.6 is 22.9 Å². The maximum Gasteiger partial charge on any atom is 0.409 e. The number of hydrogen-bond donors (Lipinski definition) is 2. The van der Waals surface area contributed by atoms with Gasteiger partial charge >= 0.3 is 6.18 Å². The molecule has 3 rings (SSSR count). The SMILES string of the molecule is CC.NC[C@@H](NC(=O)c1nc(-c2cnn3ccccc23)c(Cl)s1)C(F)(F)F. The summed E-state index contributed by atoms with van der Waals surface area (Å²) in [6, 6.07) is 3.22. The smallest absolute Gasteiger partial charge is 0.337 e. The van der Waals surface area contributed by atoms with Crippen LogP contribution in [0.5, 0.6) is 0 Å². The summed E-state index contributed by atoms with van der Waals surface area (Å²) >= 11 is 6.92. The van der Waals surface area contributed by atoms with Gasteiger partial charge in [0.05, 0.1) is 11.7 Å². The molecule has 0 aliphatic heterocycles. The molecule has 1 atom stereocenters. The van der Waals surface area contributed by atoms with E-state index >= 15 is 0 Å². The summed E-state index contributed by atoms with van der Waals surface area (Å²) in [6.45, 7) is 3.23. The van der Waals surface area contributed by atoms with Gasteiger partial charge in [0.1, 0.15) is 16.1 Å². The van der Waals surface area contributed by atoms with Crippen LogP contribution in [0.2, 0.25) is 4.34 Å². The molecule has 0 bridgehead atoms. The van der Waals surface area contributed by atoms with Gasteiger partial charge in [0.25, 0.3) is 5.91 Å². The Bertz CT molecular complexity index is 924. The number of alkyl halides is 3. The van der Waals surface area contributed by atoms with Gasteiger partial charge in [0, 0.05) is 18.3 Å². The molecule has 0 unspecified atom stereocenters. The molecular formula is C16H17ClF3N5OS. The molecule has 0 radical (unpaired) electrons. The summed E-state index contributed by atoms with van der Waals surface area (Å²) in [4.78, 5) is 16.1. The van der Waals surface area contributed by atoms with Crippen LogP contribution in [0.4, 0.5) is 13.2 Å². The van der Waals surface area contributed by atoms with E-state index in [0.29, 0.717) is 11.1 Å². The van der Waals surface area contributed by atoms with Crippen molar-refractivity contribution in [3.8, 4) is 11.3 Å². The largest absolute Gasteiger partial charge is 0.409 e. The number of carbonyl (C=O) groups is 1. The number of carbonyl (C=O) groups excluding carboxylic acids is 1. The lowest BCUT2D eigenvalue weighted by Gasteiger charge is -2.18. The third kappa shape index (κ3) is 4.57. The van der Waals surface area contributed by atoms with Crippen LogP contribution in [-0.2, 0) is 0 Å². The normalized spacial score (nSPS) is 12.4. The topological polar surface area (TPSA) is 85.3 Å². The van der Waals surface area contributed by atoms with Gasteiger partial charge < -0.3 is 11.1 Å². The molecule has 3 heterocycles. The molecule has 0 aliphatic carbocycles. The summed E-state index contributed by atoms with van der Waals surface area (Å²) in [5.74, 6) is -0.984. The molecule has 0 aromatic carbocycles. The molecule has 11 heteroatoms. The quantitative estimate of drug-likeness (QED) is 0.674. The summed E-state index contributed by atoms with van der Waals surface area (Å²) in [5.41, 5.74) is 6.64. The van der Waals surface area contributed by atoms with Crippen LogP contribution < -0.4 is 11.1 Å². The molecule has 0 saturated carbocycles. The second-order valence-corrected chi connectivity index (χ2v) is 6.63. The lowest BCUT2D eigenvalue weighted by atomic mass is 10.2. The van der Waals surface area contributed by atoms with Crippen molar-refractivity contribution in [2.75, 3.05) is 6.54 Å². The van der Waals surface area contributed by atoms with Crippen molar-refractivity contribution < 1.29 is 18.0 Å². The Morgan fingerprint density at radius 1 is 1.41 bits per heavy atom. The Morgan fingerprint density at radius 3 is 2.74 bits per heavy atom. The number of fused-ring (bicyclic) bond motifs is 1. The third-order valence-corrected chi connectivity index (χ3v) is 4.65. The number of amides is 1. The van der Waals surface area contributed by atoms with E-state index in [9.17, 15) is 18.0 Å². The van der Waals surface area contributed by atoms with Crippen molar-refractivity contribution in [3.05, 3.63) is 39.9 Å². The average Bonchev–Trinajstić information content (AvgIpc) is 3.23. The molecule has 3 aromatic rings. The third-order valence-electron chi connectivity index (χ3n) is 3.40. The van der Waals surface area contributed by atoms with E-state index in [-0.39, 0.29) is 15.0 Å². The summed E-state index contributed by atoms with van der Waals surface area (Å²) in [5, 5.41) is 5.78. The Kier molecular flexibility index (Phi) is 6.79. The lowest BCUT2D eigenvalue weighted by Crippen LogP contribution is -2.49. The molecule has 1 amide bonds. The highest BCUT2D eigenvalue weighted by atomic mass is 35.5. The fourth-order valence-electron chi connectivity index (χ4n) is 2.18. The predicted molar refractivity (Wildman–Crippen MR) is 99.0 cm³/mol. The Morgan fingerprint density at radius 2 is 2.11 bits per heavy atom. The minimum atomic E-state index is -4.64. The Labute approximate surface area is 162 Å². The van der Waals surface area contributed by atoms with Crippen molar-refractivity contribution in [3.63, 3.8) is 0 Å². The highest BCUT2D eigenvalue weighted by Gasteiger charge is 2.40. The van der Waals surface area contributed by atoms with Gasteiger partial charge in [-0.25, -0.2) is 9.50 Å². The first kappa shape index (κ1) is 21.1. The molecule has 6 nitrogen and oxygen atoms in total. The highest BCUT2D eigenvalue weighted by molar-refractivity contribution is 7.18. The van der Waals surface area contributed by atoms with Gasteiger partial charge in [-0.1, -0.05) is 42.9 Å². The van der Waals surface area contributed by atoms with Crippen LogP contribution in [0.15, 0.2) is 30.6 Å². The number of thiazole rings is 1. The van der Waals surface area contributed by atoms with Crippen molar-refractivity contribution >= 4 is 34.4 Å². The lowest BCUT2D eigenvalue weighted by molar-refractivity contribution is -0.150. The van der Waals surface area contributed by atoms with Crippen LogP contribution in [0.3, 0.4) is 0 Å². The first-order valence-electron chi connectivity index (χ1n) is 7.98. The minimum Gasteiger partial charge on any atom is -0.337 e. The molecular weight excluding hydrogens is 403 g/mol. The van der Waals surface area contributed by atoms with E-state index in [1.165, 1.54) is 6.20 Å². The number of nitrogens with two attached hydrogens (primary N) is 1. The summed E-state index contributed by atoms with van der Waals surface area (Å²) in [6.07, 6.45) is -1.39. The molecule has 0 aliphatic rings. The zero-order chi connectivity index (χ0) is 20.2. The zero-order valence-electron chi connectivity index (χ0n) is 14.4. The van der Waals surface area contributed by atoms with E-state index in [0.717, 1.165) is 11.3 Å². The van der Waals surface area contributed by atoms with E-state index in [1.54, 1.807) is 28.9 Å². The van der Waals surface area contributed by atoms with Crippen LogP contribution in [0.25, 0.3) is 16.8 Å². The van der Waals surface area contributed by atoms with Crippen molar-refractivity contribution in [1.82, 2.24) is 19.9 Å². The maximum atomic E-state index is 12.7. The van der Waals surface area contributed by atoms with Crippen molar-refractivity contribution in [1.29, 1.82) is 0 Å². The highest BCUT2D eigenvalue weighted by Crippen LogP contribution is 2.35. The number of rotatable bonds is 4. The van der Waals surface area contributed by atoms with E-state index in [2.05, 4.69) is 10.1 Å². The van der Waals surface area contributed by atoms with E-state index in [1.807, 2.05) is 19.2 Å². The Hall–Kier alpha value is -2.17. The molecule has 27 heavy (non-hydrogen) atoms. The average molecular weight is 420 g/mol. The molecule has 0 fully saturated rings. The van der Waals surface area contributed by atoms with E-state index in [4.69, 9.17) is 17.3 Å². The Balaban J connectivity index is 0.00000126. The summed E-state index contributed by atoms with van der Waals surface area (Å²) < 4.78 is 40.0. The fourth-order valence-corrected chi connectivity index (χ4v) is 3.25. The minimum absolute atomic E-state index is 0.181. The molecule has 0 saturated heterocycles. The number of nitrogens with one attached hydrogen (secondary N) is 1. The van der Waals surface area contributed by atoms with Crippen LogP contribution in [0.1, 0.15) is 23.6 Å². The monoisotopic (exact) mass is 419 g/mol. The van der Waals surface area contributed by atoms with Gasteiger partial charge in [-0.3, -0.25) is 4.79 Å². The number of nitrogens with zero attached hydrogens (tertiary/aromatic N) is 3. The standard InChI is InChI=1S/C14H11ClF3N5OS.C2H6/c15-11-10(7-6-20-23-4-2-1-3-8(7)23)22-13(25-11)12(24)21-9(5-19)14(16,17)18;1-2/h1-4,6,9H,5,19H2,(H,21,24);1-2H3/t9-;/m1./s1. The molecule has 3 N–H and O–H groups in total. The van der Waals surface area contributed by atoms with Gasteiger partial charge in [-0.15, -0.1) is 0 Å². The first-order chi connectivity index (χ1) is 12.8. The first-order valence-corrected chi connectivity index (χ1v) is 9.17. The predicted octanol–water partition coefficient (Wildman–Crippen LogP) is 3.76. The summed E-state index contributed by atoms with van der Waals surface area (Å²) in [7, 11) is 0. The van der Waals surface area contributed by atoms with Gasteiger partial charge in [0.2, 0.25) is 0 Å². The van der Waals surface area contributed by atoms with Crippen molar-refractivity contribution in [2.45, 2.75) is 26.1 Å². The van der Waals surface area contributed by atoms with Gasteiger partial charge in [-0.2, -0.15) is 18.3 Å². The maximum absolute atomic E-state index is 12.7. The molecule has 3 aromatic heterocycles. The van der Waals surface area contributed by atoms with Gasteiger partial charge in [0.15, 0.2) is 5.01 Å². The fraction of sp³-hybridized carbons (Fsp3) is 0.312. The van der Waals surface area contributed by atoms with Crippen LogP contribution in [-0.4, -0.2) is 39.3 Å². The number of hydrogen-bond acceptors (Lipinski definition) is 5. The molecule has 146 valence electrons. The number of pyridine rings is 1. The second-order valence-electron chi connectivity index (χ2n) is 5.03. The number of halogens is 4. The van der Waals surface area contributed by atoms with Gasteiger partial charge in [-0.05, 0) is 12.1 Å². The number of aromatic nitrogens is 3. The molecule has 0 spiro atoms. The second kappa shape index (κ2) is 8.68.